The number of hydrogen-bond acceptors (Lipinski definition) is 6. The molecular weight excluding hydrogens is 508 g/mol. The molecule has 0 bridgehead atoms. The molecule has 0 radical (unpaired) electrons. The first kappa shape index (κ1) is 26.6. The molecular formula is C34H36N6O. The zero-order chi connectivity index (χ0) is 28.9. The highest BCUT2D eigenvalue weighted by molar-refractivity contribution is 5.93. The molecule has 0 saturated carbocycles. The molecule has 41 heavy (non-hydrogen) atoms. The van der Waals surface area contributed by atoms with Gasteiger partial charge in [0.2, 0.25) is 0 Å². The number of pyridine rings is 2. The van der Waals surface area contributed by atoms with Gasteiger partial charge in [0.25, 0.3) is 0 Å². The quantitative estimate of drug-likeness (QED) is 0.226. The molecule has 0 unspecified atom stereocenters. The van der Waals surface area contributed by atoms with E-state index in [9.17, 15) is 0 Å². The number of ether oxygens (including phenoxy) is 1. The van der Waals surface area contributed by atoms with Gasteiger partial charge in [-0.25, -0.2) is 14.6 Å². The molecule has 0 amide bonds. The minimum atomic E-state index is -0.0233. The van der Waals surface area contributed by atoms with Crippen molar-refractivity contribution in [1.29, 1.82) is 0 Å². The van der Waals surface area contributed by atoms with Crippen molar-refractivity contribution in [3.8, 4) is 28.6 Å². The van der Waals surface area contributed by atoms with Crippen LogP contribution in [0.25, 0.3) is 28.1 Å². The molecule has 1 aliphatic rings. The molecule has 7 heteroatoms. The zero-order valence-corrected chi connectivity index (χ0v) is 24.8. The Balaban J connectivity index is 1.47. The van der Waals surface area contributed by atoms with Gasteiger partial charge in [-0.05, 0) is 67.1 Å². The van der Waals surface area contributed by atoms with Crippen molar-refractivity contribution < 1.29 is 4.74 Å². The third-order valence-corrected chi connectivity index (χ3v) is 7.50. The average Bonchev–Trinajstić information content (AvgIpc) is 3.52. The van der Waals surface area contributed by atoms with E-state index in [0.717, 1.165) is 46.2 Å². The summed E-state index contributed by atoms with van der Waals surface area (Å²) in [6, 6.07) is 18.7. The van der Waals surface area contributed by atoms with Gasteiger partial charge in [-0.15, -0.1) is 0 Å². The summed E-state index contributed by atoms with van der Waals surface area (Å²) in [6.07, 6.45) is 7.77. The van der Waals surface area contributed by atoms with Gasteiger partial charge in [-0.2, -0.15) is 5.10 Å². The normalized spacial score (nSPS) is 13.4. The number of nitrogens with zero attached hydrogens (tertiary/aromatic N) is 6. The van der Waals surface area contributed by atoms with Gasteiger partial charge < -0.3 is 14.5 Å². The van der Waals surface area contributed by atoms with Crippen LogP contribution in [0.15, 0.2) is 79.4 Å². The first-order valence-electron chi connectivity index (χ1n) is 13.9. The Morgan fingerprint density at radius 3 is 2.34 bits per heavy atom. The molecule has 0 spiro atoms. The maximum absolute atomic E-state index is 6.37. The number of hydrogen-bond donors (Lipinski definition) is 0. The summed E-state index contributed by atoms with van der Waals surface area (Å²) < 4.78 is 8.27. The van der Waals surface area contributed by atoms with Gasteiger partial charge in [0, 0.05) is 49.0 Å². The van der Waals surface area contributed by atoms with Crippen LogP contribution in [0.1, 0.15) is 43.0 Å². The van der Waals surface area contributed by atoms with Gasteiger partial charge in [-0.1, -0.05) is 44.5 Å². The number of anilines is 1. The maximum atomic E-state index is 6.37. The predicted molar refractivity (Wildman–Crippen MR) is 166 cm³/mol. The Kier molecular flexibility index (Phi) is 6.53. The van der Waals surface area contributed by atoms with Crippen LogP contribution >= 0.6 is 0 Å². The Morgan fingerprint density at radius 2 is 1.63 bits per heavy atom. The van der Waals surface area contributed by atoms with Crippen LogP contribution in [0, 0.1) is 20.8 Å². The summed E-state index contributed by atoms with van der Waals surface area (Å²) in [5, 5.41) is 5.14. The first-order valence-corrected chi connectivity index (χ1v) is 13.9. The fourth-order valence-corrected chi connectivity index (χ4v) is 5.49. The average molecular weight is 545 g/mol. The van der Waals surface area contributed by atoms with Crippen LogP contribution in [0.3, 0.4) is 0 Å². The molecule has 0 N–H and O–H groups in total. The lowest BCUT2D eigenvalue weighted by Gasteiger charge is -2.19. The van der Waals surface area contributed by atoms with Crippen molar-refractivity contribution >= 4 is 16.7 Å². The van der Waals surface area contributed by atoms with E-state index < -0.39 is 0 Å². The molecule has 6 rings (SSSR count). The Morgan fingerprint density at radius 1 is 0.854 bits per heavy atom. The summed E-state index contributed by atoms with van der Waals surface area (Å²) in [6.45, 7) is 13.8. The van der Waals surface area contributed by atoms with Gasteiger partial charge in [0.1, 0.15) is 22.7 Å². The summed E-state index contributed by atoms with van der Waals surface area (Å²) in [5.74, 6) is 2.14. The van der Waals surface area contributed by atoms with Crippen LogP contribution in [0.2, 0.25) is 0 Å². The molecule has 7 nitrogen and oxygen atoms in total. The SMILES string of the molecule is Cc1cc(C)c(-c2nn(-c3cc(C(C)(C)C)ccn3)c3cc(Oc4cccc(N5C=CN(C)C5)c4)cnc23)c(C)c1. The van der Waals surface area contributed by atoms with E-state index in [0.29, 0.717) is 5.75 Å². The third kappa shape index (κ3) is 5.15. The van der Waals surface area contributed by atoms with Crippen LogP contribution in [-0.4, -0.2) is 38.4 Å². The number of fused-ring (bicyclic) bond motifs is 1. The molecule has 208 valence electrons. The minimum Gasteiger partial charge on any atom is -0.456 e. The fourth-order valence-electron chi connectivity index (χ4n) is 5.49. The zero-order valence-electron chi connectivity index (χ0n) is 24.8. The molecule has 4 heterocycles. The lowest BCUT2D eigenvalue weighted by atomic mass is 9.88. The lowest BCUT2D eigenvalue weighted by Crippen LogP contribution is -2.21. The van der Waals surface area contributed by atoms with Crippen molar-refractivity contribution in [2.75, 3.05) is 18.6 Å². The smallest absolute Gasteiger partial charge is 0.154 e. The van der Waals surface area contributed by atoms with E-state index in [-0.39, 0.29) is 5.41 Å². The van der Waals surface area contributed by atoms with E-state index in [1.165, 1.54) is 22.3 Å². The monoisotopic (exact) mass is 544 g/mol. The molecule has 1 aliphatic heterocycles. The first-order chi connectivity index (χ1) is 19.6. The molecule has 0 fully saturated rings. The third-order valence-electron chi connectivity index (χ3n) is 7.50. The number of aromatic nitrogens is 4. The summed E-state index contributed by atoms with van der Waals surface area (Å²) in [5.41, 5.74) is 9.41. The lowest BCUT2D eigenvalue weighted by molar-refractivity contribution is 0.479. The minimum absolute atomic E-state index is 0.0233. The largest absolute Gasteiger partial charge is 0.456 e. The van der Waals surface area contributed by atoms with E-state index in [1.807, 2.05) is 35.1 Å². The highest BCUT2D eigenvalue weighted by atomic mass is 16.5. The molecule has 5 aromatic rings. The summed E-state index contributed by atoms with van der Waals surface area (Å²) >= 11 is 0. The molecule has 0 aliphatic carbocycles. The fraction of sp³-hybridized carbons (Fsp3) is 0.265. The van der Waals surface area contributed by atoms with Crippen LogP contribution in [-0.2, 0) is 5.41 Å². The topological polar surface area (TPSA) is 59.3 Å². The van der Waals surface area contributed by atoms with Crippen molar-refractivity contribution in [3.63, 3.8) is 0 Å². The number of rotatable bonds is 5. The Labute approximate surface area is 241 Å². The summed E-state index contributed by atoms with van der Waals surface area (Å²) in [7, 11) is 2.06. The van der Waals surface area contributed by atoms with Gasteiger partial charge >= 0.3 is 0 Å². The van der Waals surface area contributed by atoms with Gasteiger partial charge in [0.05, 0.1) is 18.4 Å². The van der Waals surface area contributed by atoms with E-state index >= 15 is 0 Å². The van der Waals surface area contributed by atoms with Crippen LogP contribution in [0.5, 0.6) is 11.5 Å². The van der Waals surface area contributed by atoms with Crippen LogP contribution < -0.4 is 9.64 Å². The van der Waals surface area contributed by atoms with Gasteiger partial charge in [-0.3, -0.25) is 0 Å². The highest BCUT2D eigenvalue weighted by Crippen LogP contribution is 2.36. The Hall–Kier alpha value is -4.65. The van der Waals surface area contributed by atoms with Crippen molar-refractivity contribution in [2.24, 2.45) is 0 Å². The molecule has 0 saturated heterocycles. The highest BCUT2D eigenvalue weighted by Gasteiger charge is 2.22. The standard InChI is InChI=1S/C34H36N6O/c1-22-15-23(2)31(24(3)16-22)33-32-29(40(37-33)30-17-25(11-12-35-30)34(4,5)6)19-28(20-36-32)41-27-10-8-9-26(18-27)39-14-13-38(7)21-39/h8-20H,21H2,1-7H3. The van der Waals surface area contributed by atoms with Crippen molar-refractivity contribution in [3.05, 3.63) is 102 Å². The van der Waals surface area contributed by atoms with E-state index in [1.54, 1.807) is 6.20 Å². The molecule has 3 aromatic heterocycles. The molecule has 0 atom stereocenters. The van der Waals surface area contributed by atoms with Crippen molar-refractivity contribution in [1.82, 2.24) is 24.6 Å². The second-order valence-electron chi connectivity index (χ2n) is 12.0. The number of benzene rings is 2. The van der Waals surface area contributed by atoms with Crippen LogP contribution in [0.4, 0.5) is 5.69 Å². The number of aryl methyl sites for hydroxylation is 3. The summed E-state index contributed by atoms with van der Waals surface area (Å²) in [4.78, 5) is 14.0. The molecule has 2 aromatic carbocycles. The van der Waals surface area contributed by atoms with E-state index in [4.69, 9.17) is 19.8 Å². The predicted octanol–water partition coefficient (Wildman–Crippen LogP) is 7.68. The maximum Gasteiger partial charge on any atom is 0.154 e. The second kappa shape index (κ2) is 10.1. The van der Waals surface area contributed by atoms with Crippen molar-refractivity contribution in [2.45, 2.75) is 47.0 Å². The second-order valence-corrected chi connectivity index (χ2v) is 12.0. The van der Waals surface area contributed by atoms with Gasteiger partial charge in [0.15, 0.2) is 5.82 Å². The Bertz CT molecular complexity index is 1770. The van der Waals surface area contributed by atoms with E-state index in [2.05, 4.69) is 101 Å².